The number of ether oxygens (including phenoxy) is 1. The molecule has 0 heterocycles. The Morgan fingerprint density at radius 1 is 1.69 bits per heavy atom. The highest BCUT2D eigenvalue weighted by Gasteiger charge is 2.12. The Balaban J connectivity index is 3.79. The number of carbonyl (C=O) groups is 1. The molecule has 0 radical (unpaired) electrons. The number of carbonyl (C=O) groups excluding carboxylic acids is 1. The van der Waals surface area contributed by atoms with Crippen LogP contribution < -0.4 is 0 Å². The van der Waals surface area contributed by atoms with Crippen molar-refractivity contribution < 1.29 is 9.53 Å². The lowest BCUT2D eigenvalue weighted by molar-refractivity contribution is -0.144. The minimum absolute atomic E-state index is 0.0920. The molecular weight excluding hydrogens is 168 g/mol. The summed E-state index contributed by atoms with van der Waals surface area (Å²) in [5, 5.41) is 8.43. The van der Waals surface area contributed by atoms with Crippen molar-refractivity contribution in [2.24, 2.45) is 0 Å². The first-order valence-electron chi connectivity index (χ1n) is 4.34. The zero-order valence-corrected chi connectivity index (χ0v) is 8.41. The van der Waals surface area contributed by atoms with Gasteiger partial charge in [-0.15, -0.1) is 0 Å². The fourth-order valence-corrected chi connectivity index (χ4v) is 0.854. The molecule has 0 spiro atoms. The Bertz CT molecular complexity index is 198. The molecule has 0 saturated carbocycles. The predicted octanol–water partition coefficient (Wildman–Crippen LogP) is 0.783. The van der Waals surface area contributed by atoms with E-state index in [4.69, 9.17) is 10.00 Å². The molecule has 0 bridgehead atoms. The Kier molecular flexibility index (Phi) is 5.90. The van der Waals surface area contributed by atoms with Gasteiger partial charge in [-0.1, -0.05) is 0 Å². The van der Waals surface area contributed by atoms with Crippen LogP contribution in [0.4, 0.5) is 0 Å². The third kappa shape index (κ3) is 5.21. The van der Waals surface area contributed by atoms with Crippen LogP contribution in [-0.4, -0.2) is 37.1 Å². The maximum Gasteiger partial charge on any atom is 0.320 e. The predicted molar refractivity (Wildman–Crippen MR) is 49.0 cm³/mol. The van der Waals surface area contributed by atoms with Crippen molar-refractivity contribution in [3.63, 3.8) is 0 Å². The molecule has 0 N–H and O–H groups in total. The molecule has 74 valence electrons. The van der Waals surface area contributed by atoms with Crippen LogP contribution in [0.25, 0.3) is 0 Å². The van der Waals surface area contributed by atoms with E-state index >= 15 is 0 Å². The molecule has 0 aromatic carbocycles. The van der Waals surface area contributed by atoms with Crippen LogP contribution in [0.1, 0.15) is 20.3 Å². The highest BCUT2D eigenvalue weighted by molar-refractivity contribution is 5.71. The summed E-state index contributed by atoms with van der Waals surface area (Å²) >= 11 is 0. The molecule has 0 rings (SSSR count). The van der Waals surface area contributed by atoms with Crippen molar-refractivity contribution in [3.05, 3.63) is 0 Å². The van der Waals surface area contributed by atoms with Crippen LogP contribution in [0.5, 0.6) is 0 Å². The molecule has 0 aliphatic heterocycles. The molecule has 0 fully saturated rings. The highest BCUT2D eigenvalue weighted by atomic mass is 16.5. The zero-order chi connectivity index (χ0) is 10.3. The molecule has 4 heteroatoms. The van der Waals surface area contributed by atoms with Crippen LogP contribution in [0.3, 0.4) is 0 Å². The van der Waals surface area contributed by atoms with E-state index < -0.39 is 0 Å². The Morgan fingerprint density at radius 3 is 2.77 bits per heavy atom. The van der Waals surface area contributed by atoms with Crippen molar-refractivity contribution in [1.82, 2.24) is 4.90 Å². The lowest BCUT2D eigenvalue weighted by Crippen LogP contribution is -2.34. The second-order valence-electron chi connectivity index (χ2n) is 2.93. The Morgan fingerprint density at radius 2 is 2.31 bits per heavy atom. The van der Waals surface area contributed by atoms with Crippen molar-refractivity contribution in [3.8, 4) is 6.07 Å². The highest BCUT2D eigenvalue weighted by Crippen LogP contribution is 1.99. The fraction of sp³-hybridized carbons (Fsp3) is 0.778. The quantitative estimate of drug-likeness (QED) is 0.592. The van der Waals surface area contributed by atoms with Crippen molar-refractivity contribution in [2.45, 2.75) is 26.3 Å². The van der Waals surface area contributed by atoms with Crippen LogP contribution in [0.2, 0.25) is 0 Å². The average molecular weight is 184 g/mol. The van der Waals surface area contributed by atoms with Crippen LogP contribution in [0, 0.1) is 11.3 Å². The van der Waals surface area contributed by atoms with E-state index in [-0.39, 0.29) is 18.6 Å². The van der Waals surface area contributed by atoms with E-state index in [1.807, 2.05) is 6.92 Å². The summed E-state index contributed by atoms with van der Waals surface area (Å²) in [6.45, 7) is 4.33. The lowest BCUT2D eigenvalue weighted by atomic mass is 10.2. The Hall–Kier alpha value is -1.08. The van der Waals surface area contributed by atoms with Gasteiger partial charge < -0.3 is 4.74 Å². The van der Waals surface area contributed by atoms with E-state index in [0.29, 0.717) is 13.0 Å². The number of nitriles is 1. The number of nitrogens with zero attached hydrogens (tertiary/aromatic N) is 2. The third-order valence-electron chi connectivity index (χ3n) is 1.82. The second kappa shape index (κ2) is 6.44. The van der Waals surface area contributed by atoms with Crippen LogP contribution >= 0.6 is 0 Å². The number of esters is 1. The molecule has 4 nitrogen and oxygen atoms in total. The molecule has 0 saturated heterocycles. The van der Waals surface area contributed by atoms with E-state index in [1.165, 1.54) is 0 Å². The minimum Gasteiger partial charge on any atom is -0.465 e. The number of hydrogen-bond acceptors (Lipinski definition) is 4. The maximum absolute atomic E-state index is 11.0. The molecule has 1 atom stereocenters. The Labute approximate surface area is 79.1 Å². The summed E-state index contributed by atoms with van der Waals surface area (Å²) < 4.78 is 4.78. The van der Waals surface area contributed by atoms with Gasteiger partial charge in [0.2, 0.25) is 0 Å². The summed E-state index contributed by atoms with van der Waals surface area (Å²) in [5.41, 5.74) is 0. The standard InChI is InChI=1S/C9H16N2O2/c1-4-13-9(12)7-11(3)8(2)5-6-10/h8H,4-5,7H2,1-3H3. The van der Waals surface area contributed by atoms with Crippen molar-refractivity contribution in [2.75, 3.05) is 20.2 Å². The molecule has 0 aromatic rings. The SMILES string of the molecule is CCOC(=O)CN(C)C(C)CC#N. The van der Waals surface area contributed by atoms with Crippen LogP contribution in [-0.2, 0) is 9.53 Å². The molecule has 13 heavy (non-hydrogen) atoms. The van der Waals surface area contributed by atoms with E-state index in [2.05, 4.69) is 6.07 Å². The van der Waals surface area contributed by atoms with E-state index in [1.54, 1.807) is 18.9 Å². The van der Waals surface area contributed by atoms with Gasteiger partial charge in [0.25, 0.3) is 0 Å². The monoisotopic (exact) mass is 184 g/mol. The van der Waals surface area contributed by atoms with Gasteiger partial charge in [-0.3, -0.25) is 9.69 Å². The molecule has 0 aromatic heterocycles. The first-order chi connectivity index (χ1) is 6.11. The summed E-state index contributed by atoms with van der Waals surface area (Å²) in [6, 6.07) is 2.15. The minimum atomic E-state index is -0.241. The maximum atomic E-state index is 11.0. The van der Waals surface area contributed by atoms with Crippen molar-refractivity contribution >= 4 is 5.97 Å². The second-order valence-corrected chi connectivity index (χ2v) is 2.93. The van der Waals surface area contributed by atoms with Gasteiger partial charge in [-0.05, 0) is 20.9 Å². The van der Waals surface area contributed by atoms with Gasteiger partial charge in [0.05, 0.1) is 25.6 Å². The molecular formula is C9H16N2O2. The largest absolute Gasteiger partial charge is 0.465 e. The normalized spacial score (nSPS) is 12.2. The number of likely N-dealkylation sites (N-methyl/N-ethyl adjacent to an activating group) is 1. The summed E-state index contributed by atoms with van der Waals surface area (Å²) in [4.78, 5) is 12.8. The van der Waals surface area contributed by atoms with Gasteiger partial charge >= 0.3 is 5.97 Å². The summed E-state index contributed by atoms with van der Waals surface area (Å²) in [6.07, 6.45) is 0.426. The smallest absolute Gasteiger partial charge is 0.320 e. The van der Waals surface area contributed by atoms with Crippen molar-refractivity contribution in [1.29, 1.82) is 5.26 Å². The zero-order valence-electron chi connectivity index (χ0n) is 8.41. The van der Waals surface area contributed by atoms with E-state index in [0.717, 1.165) is 0 Å². The average Bonchev–Trinajstić information content (AvgIpc) is 2.05. The summed E-state index contributed by atoms with van der Waals surface area (Å²) in [5.74, 6) is -0.241. The number of hydrogen-bond donors (Lipinski definition) is 0. The van der Waals surface area contributed by atoms with Gasteiger partial charge in [0.15, 0.2) is 0 Å². The molecule has 0 amide bonds. The summed E-state index contributed by atoms with van der Waals surface area (Å²) in [7, 11) is 1.80. The topological polar surface area (TPSA) is 53.3 Å². The lowest BCUT2D eigenvalue weighted by Gasteiger charge is -2.20. The first kappa shape index (κ1) is 11.9. The fourth-order valence-electron chi connectivity index (χ4n) is 0.854. The number of rotatable bonds is 5. The van der Waals surface area contributed by atoms with Gasteiger partial charge in [-0.25, -0.2) is 0 Å². The van der Waals surface area contributed by atoms with Crippen LogP contribution in [0.15, 0.2) is 0 Å². The van der Waals surface area contributed by atoms with Gasteiger partial charge in [-0.2, -0.15) is 5.26 Å². The van der Waals surface area contributed by atoms with Gasteiger partial charge in [0.1, 0.15) is 0 Å². The molecule has 0 aliphatic rings. The molecule has 1 unspecified atom stereocenters. The first-order valence-corrected chi connectivity index (χ1v) is 4.34. The molecule has 0 aliphatic carbocycles. The third-order valence-corrected chi connectivity index (χ3v) is 1.82. The van der Waals surface area contributed by atoms with E-state index in [9.17, 15) is 4.79 Å². The van der Waals surface area contributed by atoms with Gasteiger partial charge in [0, 0.05) is 6.04 Å².